The van der Waals surface area contributed by atoms with Crippen LogP contribution >= 0.6 is 0 Å². The van der Waals surface area contributed by atoms with Crippen molar-refractivity contribution in [2.45, 2.75) is 51.4 Å². The monoisotopic (exact) mass is 169 g/mol. The van der Waals surface area contributed by atoms with E-state index in [2.05, 4.69) is 20.8 Å². The topological polar surface area (TPSA) is 35.2 Å². The molecule has 2 heteroatoms. The van der Waals surface area contributed by atoms with Crippen LogP contribution in [0.1, 0.15) is 33.6 Å². The Hall–Kier alpha value is -0.0800. The molecular formula is C10H19NO. The summed E-state index contributed by atoms with van der Waals surface area (Å²) in [7, 11) is 0. The van der Waals surface area contributed by atoms with Crippen LogP contribution in [0.3, 0.4) is 0 Å². The second-order valence-electron chi connectivity index (χ2n) is 4.95. The van der Waals surface area contributed by atoms with Gasteiger partial charge in [0.15, 0.2) is 0 Å². The Morgan fingerprint density at radius 2 is 2.00 bits per heavy atom. The zero-order valence-electron chi connectivity index (χ0n) is 8.21. The van der Waals surface area contributed by atoms with Gasteiger partial charge in [0.2, 0.25) is 0 Å². The summed E-state index contributed by atoms with van der Waals surface area (Å²) in [6.45, 7) is 6.61. The molecular weight excluding hydrogens is 150 g/mol. The van der Waals surface area contributed by atoms with Crippen molar-refractivity contribution in [1.82, 2.24) is 0 Å². The number of hydrogen-bond acceptors (Lipinski definition) is 2. The maximum absolute atomic E-state index is 6.04. The summed E-state index contributed by atoms with van der Waals surface area (Å²) in [6, 6.07) is 0.357. The van der Waals surface area contributed by atoms with E-state index in [4.69, 9.17) is 10.5 Å². The Labute approximate surface area is 74.5 Å². The van der Waals surface area contributed by atoms with E-state index in [1.54, 1.807) is 0 Å². The average molecular weight is 169 g/mol. The fourth-order valence-corrected chi connectivity index (χ4v) is 2.62. The van der Waals surface area contributed by atoms with Crippen LogP contribution < -0.4 is 5.73 Å². The van der Waals surface area contributed by atoms with Gasteiger partial charge >= 0.3 is 0 Å². The highest BCUT2D eigenvalue weighted by atomic mass is 16.5. The molecule has 2 bridgehead atoms. The third-order valence-electron chi connectivity index (χ3n) is 3.77. The Morgan fingerprint density at radius 1 is 1.33 bits per heavy atom. The molecule has 2 nitrogen and oxygen atoms in total. The predicted octanol–water partition coefficient (Wildman–Crippen LogP) is 1.54. The molecule has 0 amide bonds. The molecule has 0 aromatic rings. The first-order valence-corrected chi connectivity index (χ1v) is 4.94. The Balaban J connectivity index is 2.19. The summed E-state index contributed by atoms with van der Waals surface area (Å²) in [5, 5.41) is 0. The molecule has 2 aliphatic rings. The van der Waals surface area contributed by atoms with Crippen LogP contribution in [-0.2, 0) is 4.74 Å². The van der Waals surface area contributed by atoms with Crippen LogP contribution in [0.2, 0.25) is 0 Å². The molecule has 1 aliphatic carbocycles. The molecule has 0 aromatic heterocycles. The first kappa shape index (κ1) is 8.52. The van der Waals surface area contributed by atoms with Gasteiger partial charge in [0, 0.05) is 6.04 Å². The van der Waals surface area contributed by atoms with Gasteiger partial charge in [-0.15, -0.1) is 0 Å². The third kappa shape index (κ3) is 1.09. The number of nitrogens with two attached hydrogens (primary N) is 1. The van der Waals surface area contributed by atoms with Gasteiger partial charge in [-0.2, -0.15) is 0 Å². The summed E-state index contributed by atoms with van der Waals surface area (Å²) in [4.78, 5) is 0. The molecule has 70 valence electrons. The lowest BCUT2D eigenvalue weighted by molar-refractivity contribution is -0.0383. The van der Waals surface area contributed by atoms with Crippen LogP contribution in [0.25, 0.3) is 0 Å². The maximum Gasteiger partial charge on any atom is 0.0660 e. The van der Waals surface area contributed by atoms with Gasteiger partial charge in [0.1, 0.15) is 0 Å². The Bertz CT molecular complexity index is 190. The molecule has 4 atom stereocenters. The summed E-state index contributed by atoms with van der Waals surface area (Å²) >= 11 is 0. The van der Waals surface area contributed by atoms with Crippen molar-refractivity contribution in [3.63, 3.8) is 0 Å². The molecule has 0 radical (unpaired) electrons. The van der Waals surface area contributed by atoms with Gasteiger partial charge in [-0.3, -0.25) is 0 Å². The summed E-state index contributed by atoms with van der Waals surface area (Å²) in [5.41, 5.74) is 6.12. The lowest BCUT2D eigenvalue weighted by Gasteiger charge is -2.30. The zero-order chi connectivity index (χ0) is 8.93. The fraction of sp³-hybridized carbons (Fsp3) is 1.00. The van der Waals surface area contributed by atoms with E-state index in [1.807, 2.05) is 0 Å². The van der Waals surface area contributed by atoms with Gasteiger partial charge in [-0.1, -0.05) is 6.92 Å². The van der Waals surface area contributed by atoms with Gasteiger partial charge in [-0.25, -0.2) is 0 Å². The normalized spacial score (nSPS) is 51.0. The fourth-order valence-electron chi connectivity index (χ4n) is 2.62. The van der Waals surface area contributed by atoms with E-state index in [0.29, 0.717) is 24.0 Å². The smallest absolute Gasteiger partial charge is 0.0660 e. The van der Waals surface area contributed by atoms with Crippen LogP contribution in [0.15, 0.2) is 0 Å². The second kappa shape index (κ2) is 2.46. The molecule has 2 N–H and O–H groups in total. The predicted molar refractivity (Wildman–Crippen MR) is 48.8 cm³/mol. The lowest BCUT2D eigenvalue weighted by atomic mass is 9.75. The third-order valence-corrected chi connectivity index (χ3v) is 3.77. The van der Waals surface area contributed by atoms with Crippen molar-refractivity contribution in [2.24, 2.45) is 17.6 Å². The first-order chi connectivity index (χ1) is 5.50. The van der Waals surface area contributed by atoms with Gasteiger partial charge < -0.3 is 10.5 Å². The number of rotatable bonds is 0. The summed E-state index contributed by atoms with van der Waals surface area (Å²) in [6.07, 6.45) is 2.79. The SMILES string of the molecule is CC1C(N)CC2CC1OC2(C)C. The summed E-state index contributed by atoms with van der Waals surface area (Å²) in [5.74, 6) is 1.23. The van der Waals surface area contributed by atoms with E-state index >= 15 is 0 Å². The number of fused-ring (bicyclic) bond motifs is 2. The summed E-state index contributed by atoms with van der Waals surface area (Å²) < 4.78 is 5.98. The van der Waals surface area contributed by atoms with Crippen molar-refractivity contribution in [1.29, 1.82) is 0 Å². The number of hydrogen-bond donors (Lipinski definition) is 1. The van der Waals surface area contributed by atoms with Crippen molar-refractivity contribution in [3.05, 3.63) is 0 Å². The molecule has 0 spiro atoms. The van der Waals surface area contributed by atoms with Crippen LogP contribution in [0.5, 0.6) is 0 Å². The van der Waals surface area contributed by atoms with Crippen molar-refractivity contribution in [2.75, 3.05) is 0 Å². The molecule has 2 rings (SSSR count). The van der Waals surface area contributed by atoms with Crippen molar-refractivity contribution >= 4 is 0 Å². The zero-order valence-corrected chi connectivity index (χ0v) is 8.21. The van der Waals surface area contributed by atoms with E-state index < -0.39 is 0 Å². The minimum atomic E-state index is 0.0764. The molecule has 12 heavy (non-hydrogen) atoms. The van der Waals surface area contributed by atoms with Crippen LogP contribution in [-0.4, -0.2) is 17.7 Å². The Morgan fingerprint density at radius 3 is 2.67 bits per heavy atom. The minimum Gasteiger partial charge on any atom is -0.372 e. The first-order valence-electron chi connectivity index (χ1n) is 4.94. The largest absolute Gasteiger partial charge is 0.372 e. The van der Waals surface area contributed by atoms with Crippen molar-refractivity contribution < 1.29 is 4.74 Å². The molecule has 1 aliphatic heterocycles. The van der Waals surface area contributed by atoms with E-state index in [1.165, 1.54) is 6.42 Å². The van der Waals surface area contributed by atoms with E-state index in [-0.39, 0.29) is 5.60 Å². The van der Waals surface area contributed by atoms with Crippen molar-refractivity contribution in [3.8, 4) is 0 Å². The van der Waals surface area contributed by atoms with Gasteiger partial charge in [0.05, 0.1) is 11.7 Å². The molecule has 2 fully saturated rings. The van der Waals surface area contributed by atoms with Gasteiger partial charge in [-0.05, 0) is 38.5 Å². The molecule has 1 saturated carbocycles. The van der Waals surface area contributed by atoms with Crippen LogP contribution in [0.4, 0.5) is 0 Å². The van der Waals surface area contributed by atoms with E-state index in [9.17, 15) is 0 Å². The van der Waals surface area contributed by atoms with Crippen LogP contribution in [0, 0.1) is 11.8 Å². The average Bonchev–Trinajstić information content (AvgIpc) is 2.21. The van der Waals surface area contributed by atoms with Gasteiger partial charge in [0.25, 0.3) is 0 Å². The highest BCUT2D eigenvalue weighted by Crippen LogP contribution is 2.46. The molecule has 1 saturated heterocycles. The maximum atomic E-state index is 6.04. The molecule has 1 heterocycles. The lowest BCUT2D eigenvalue weighted by Crippen LogP contribution is -2.40. The number of ether oxygens (including phenoxy) is 1. The highest BCUT2D eigenvalue weighted by molar-refractivity contribution is 4.99. The second-order valence-corrected chi connectivity index (χ2v) is 4.95. The molecule has 0 aromatic carbocycles. The van der Waals surface area contributed by atoms with E-state index in [0.717, 1.165) is 6.42 Å². The Kier molecular flexibility index (Phi) is 1.74. The standard InChI is InChI=1S/C10H19NO/c1-6-8(11)4-7-5-9(6)12-10(7,2)3/h6-9H,4-5,11H2,1-3H3. The highest BCUT2D eigenvalue weighted by Gasteiger charge is 2.48. The minimum absolute atomic E-state index is 0.0764. The molecule has 4 unspecified atom stereocenters. The quantitative estimate of drug-likeness (QED) is 0.597.